The zero-order chi connectivity index (χ0) is 22.9. The highest BCUT2D eigenvalue weighted by Gasteiger charge is 2.27. The number of phenols is 2. The molecule has 1 heterocycles. The molecule has 0 fully saturated rings. The average Bonchev–Trinajstić information content (AvgIpc) is 3.12. The number of aromatic hydroxyl groups is 2. The number of hydrogen-bond donors (Lipinski definition) is 3. The summed E-state index contributed by atoms with van der Waals surface area (Å²) in [5, 5.41) is 27.2. The standard InChI is InChI=1S/C22H24N2O6S/c1-5-23-22(27)20-19(13-6-8-14(9-7-13)31(4,28)29)21(30-24-20)16-10-15(12(2)3)17(25)11-18(16)26/h6-12,25-26H,5H2,1-4H3,(H,23,27). The first kappa shape index (κ1) is 22.4. The Hall–Kier alpha value is -3.33. The second-order valence-corrected chi connectivity index (χ2v) is 9.49. The lowest BCUT2D eigenvalue weighted by Crippen LogP contribution is -2.23. The Morgan fingerprint density at radius 3 is 2.32 bits per heavy atom. The molecule has 3 N–H and O–H groups in total. The predicted molar refractivity (Wildman–Crippen MR) is 116 cm³/mol. The normalized spacial score (nSPS) is 11.6. The van der Waals surface area contributed by atoms with E-state index in [1.165, 1.54) is 18.2 Å². The highest BCUT2D eigenvalue weighted by molar-refractivity contribution is 7.90. The summed E-state index contributed by atoms with van der Waals surface area (Å²) in [6.07, 6.45) is 1.11. The van der Waals surface area contributed by atoms with Gasteiger partial charge in [-0.3, -0.25) is 4.79 Å². The summed E-state index contributed by atoms with van der Waals surface area (Å²) < 4.78 is 29.1. The van der Waals surface area contributed by atoms with E-state index < -0.39 is 15.7 Å². The van der Waals surface area contributed by atoms with Crippen LogP contribution in [0.3, 0.4) is 0 Å². The summed E-state index contributed by atoms with van der Waals surface area (Å²) in [5.41, 5.74) is 1.64. The fourth-order valence-electron chi connectivity index (χ4n) is 3.25. The van der Waals surface area contributed by atoms with Gasteiger partial charge in [-0.1, -0.05) is 31.1 Å². The van der Waals surface area contributed by atoms with Crippen molar-refractivity contribution in [3.63, 3.8) is 0 Å². The minimum Gasteiger partial charge on any atom is -0.508 e. The van der Waals surface area contributed by atoms with Crippen molar-refractivity contribution in [3.05, 3.63) is 47.7 Å². The summed E-state index contributed by atoms with van der Waals surface area (Å²) in [6.45, 7) is 5.91. The van der Waals surface area contributed by atoms with Gasteiger partial charge in [-0.15, -0.1) is 0 Å². The first-order valence-electron chi connectivity index (χ1n) is 9.69. The van der Waals surface area contributed by atoms with Gasteiger partial charge in [0.05, 0.1) is 16.0 Å². The van der Waals surface area contributed by atoms with E-state index in [-0.39, 0.29) is 39.3 Å². The molecule has 31 heavy (non-hydrogen) atoms. The molecule has 0 saturated heterocycles. The number of amides is 1. The van der Waals surface area contributed by atoms with Crippen LogP contribution in [0.2, 0.25) is 0 Å². The van der Waals surface area contributed by atoms with Crippen LogP contribution in [0.4, 0.5) is 0 Å². The SMILES string of the molecule is CCNC(=O)c1noc(-c2cc(C(C)C)c(O)cc2O)c1-c1ccc(S(C)(=O)=O)cc1. The maximum atomic E-state index is 12.6. The highest BCUT2D eigenvalue weighted by Crippen LogP contribution is 2.43. The Bertz CT molecular complexity index is 1230. The fraction of sp³-hybridized carbons (Fsp3) is 0.273. The van der Waals surface area contributed by atoms with Gasteiger partial charge in [-0.05, 0) is 42.2 Å². The molecule has 0 saturated carbocycles. The number of hydrogen-bond acceptors (Lipinski definition) is 7. The topological polar surface area (TPSA) is 130 Å². The molecule has 0 atom stereocenters. The third-order valence-corrected chi connectivity index (χ3v) is 5.96. The summed E-state index contributed by atoms with van der Waals surface area (Å²) in [6, 6.07) is 8.77. The Kier molecular flexibility index (Phi) is 6.08. The van der Waals surface area contributed by atoms with Gasteiger partial charge in [-0.2, -0.15) is 0 Å². The van der Waals surface area contributed by atoms with Gasteiger partial charge in [0.25, 0.3) is 5.91 Å². The van der Waals surface area contributed by atoms with Crippen molar-refractivity contribution in [1.82, 2.24) is 10.5 Å². The number of sulfone groups is 1. The van der Waals surface area contributed by atoms with Crippen molar-refractivity contribution in [1.29, 1.82) is 0 Å². The van der Waals surface area contributed by atoms with Crippen molar-refractivity contribution in [2.75, 3.05) is 12.8 Å². The van der Waals surface area contributed by atoms with Crippen LogP contribution in [-0.2, 0) is 9.84 Å². The minimum atomic E-state index is -3.40. The zero-order valence-corrected chi connectivity index (χ0v) is 18.4. The molecule has 3 rings (SSSR count). The summed E-state index contributed by atoms with van der Waals surface area (Å²) in [5.74, 6) is -0.675. The van der Waals surface area contributed by atoms with Crippen LogP contribution in [0.25, 0.3) is 22.5 Å². The second kappa shape index (κ2) is 8.43. The number of carbonyl (C=O) groups is 1. The van der Waals surface area contributed by atoms with E-state index in [2.05, 4.69) is 10.5 Å². The van der Waals surface area contributed by atoms with Crippen LogP contribution < -0.4 is 5.32 Å². The van der Waals surface area contributed by atoms with Gasteiger partial charge in [0, 0.05) is 18.9 Å². The van der Waals surface area contributed by atoms with E-state index in [1.807, 2.05) is 13.8 Å². The monoisotopic (exact) mass is 444 g/mol. The first-order chi connectivity index (χ1) is 14.5. The maximum absolute atomic E-state index is 12.6. The second-order valence-electron chi connectivity index (χ2n) is 7.47. The van der Waals surface area contributed by atoms with Crippen molar-refractivity contribution < 1.29 is 27.9 Å². The van der Waals surface area contributed by atoms with Crippen LogP contribution in [-0.4, -0.2) is 42.5 Å². The predicted octanol–water partition coefficient (Wildman–Crippen LogP) is 3.70. The number of rotatable bonds is 6. The number of benzene rings is 2. The van der Waals surface area contributed by atoms with Gasteiger partial charge in [0.15, 0.2) is 21.3 Å². The number of nitrogens with one attached hydrogen (secondary N) is 1. The van der Waals surface area contributed by atoms with Gasteiger partial charge in [0.2, 0.25) is 0 Å². The van der Waals surface area contributed by atoms with E-state index in [4.69, 9.17) is 4.52 Å². The fourth-order valence-corrected chi connectivity index (χ4v) is 3.88. The van der Waals surface area contributed by atoms with E-state index in [0.717, 1.165) is 6.26 Å². The molecule has 0 aliphatic carbocycles. The van der Waals surface area contributed by atoms with Gasteiger partial charge >= 0.3 is 0 Å². The van der Waals surface area contributed by atoms with Gasteiger partial charge < -0.3 is 20.1 Å². The Balaban J connectivity index is 2.26. The van der Waals surface area contributed by atoms with Crippen molar-refractivity contribution in [2.45, 2.75) is 31.6 Å². The molecule has 0 aliphatic heterocycles. The number of carbonyl (C=O) groups excluding carboxylic acids is 1. The van der Waals surface area contributed by atoms with Crippen LogP contribution in [0.5, 0.6) is 11.5 Å². The molecule has 0 aliphatic rings. The van der Waals surface area contributed by atoms with E-state index in [9.17, 15) is 23.4 Å². The highest BCUT2D eigenvalue weighted by atomic mass is 32.2. The lowest BCUT2D eigenvalue weighted by molar-refractivity contribution is 0.0947. The van der Waals surface area contributed by atoms with Crippen LogP contribution in [0, 0.1) is 0 Å². The minimum absolute atomic E-state index is 0.00234. The molecule has 0 spiro atoms. The molecule has 8 nitrogen and oxygen atoms in total. The van der Waals surface area contributed by atoms with Crippen LogP contribution in [0.1, 0.15) is 42.7 Å². The number of nitrogens with zero attached hydrogens (tertiary/aromatic N) is 1. The third-order valence-electron chi connectivity index (χ3n) is 4.83. The summed E-state index contributed by atoms with van der Waals surface area (Å²) >= 11 is 0. The Morgan fingerprint density at radius 1 is 1.13 bits per heavy atom. The summed E-state index contributed by atoms with van der Waals surface area (Å²) in [7, 11) is -3.40. The Morgan fingerprint density at radius 2 is 1.77 bits per heavy atom. The van der Waals surface area contributed by atoms with Crippen LogP contribution in [0.15, 0.2) is 45.8 Å². The first-order valence-corrected chi connectivity index (χ1v) is 11.6. The van der Waals surface area contributed by atoms with E-state index in [0.29, 0.717) is 23.2 Å². The average molecular weight is 445 g/mol. The molecule has 0 bridgehead atoms. The van der Waals surface area contributed by atoms with E-state index in [1.54, 1.807) is 25.1 Å². The molecule has 164 valence electrons. The molecular formula is C22H24N2O6S. The smallest absolute Gasteiger partial charge is 0.274 e. The summed E-state index contributed by atoms with van der Waals surface area (Å²) in [4.78, 5) is 12.7. The van der Waals surface area contributed by atoms with Crippen molar-refractivity contribution in [2.24, 2.45) is 0 Å². The lowest BCUT2D eigenvalue weighted by atomic mass is 9.94. The largest absolute Gasteiger partial charge is 0.508 e. The molecule has 3 aromatic rings. The molecular weight excluding hydrogens is 420 g/mol. The lowest BCUT2D eigenvalue weighted by Gasteiger charge is -2.12. The molecule has 9 heteroatoms. The van der Waals surface area contributed by atoms with Crippen LogP contribution >= 0.6 is 0 Å². The number of aromatic nitrogens is 1. The number of phenolic OH excluding ortho intramolecular Hbond substituents is 2. The molecule has 0 radical (unpaired) electrons. The van der Waals surface area contributed by atoms with Crippen molar-refractivity contribution in [3.8, 4) is 33.9 Å². The molecule has 2 aromatic carbocycles. The molecule has 1 aromatic heterocycles. The maximum Gasteiger partial charge on any atom is 0.274 e. The Labute approximate surface area is 180 Å². The third kappa shape index (κ3) is 4.41. The van der Waals surface area contributed by atoms with E-state index >= 15 is 0 Å². The molecule has 0 unspecified atom stereocenters. The quantitative estimate of drug-likeness (QED) is 0.528. The zero-order valence-electron chi connectivity index (χ0n) is 17.6. The van der Waals surface area contributed by atoms with Gasteiger partial charge in [0.1, 0.15) is 11.5 Å². The van der Waals surface area contributed by atoms with Crippen molar-refractivity contribution >= 4 is 15.7 Å². The van der Waals surface area contributed by atoms with Gasteiger partial charge in [-0.25, -0.2) is 8.42 Å². The molecule has 1 amide bonds.